The van der Waals surface area contributed by atoms with Crippen LogP contribution in [0.25, 0.3) is 0 Å². The van der Waals surface area contributed by atoms with E-state index in [1.807, 2.05) is 13.0 Å². The van der Waals surface area contributed by atoms with E-state index in [0.717, 1.165) is 5.56 Å². The number of amides is 1. The summed E-state index contributed by atoms with van der Waals surface area (Å²) in [5.74, 6) is -1.17. The molecule has 1 saturated heterocycles. The van der Waals surface area contributed by atoms with Crippen LogP contribution in [0, 0.1) is 12.3 Å². The summed E-state index contributed by atoms with van der Waals surface area (Å²) in [6, 6.07) is 5.26. The van der Waals surface area contributed by atoms with E-state index in [2.05, 4.69) is 0 Å². The average Bonchev–Trinajstić information content (AvgIpc) is 2.87. The molecule has 114 valence electrons. The van der Waals surface area contributed by atoms with Gasteiger partial charge in [-0.2, -0.15) is 0 Å². The van der Waals surface area contributed by atoms with Gasteiger partial charge in [-0.05, 0) is 25.0 Å². The van der Waals surface area contributed by atoms with Crippen LogP contribution in [0.2, 0.25) is 5.02 Å². The van der Waals surface area contributed by atoms with E-state index in [-0.39, 0.29) is 19.1 Å². The largest absolute Gasteiger partial charge is 0.481 e. The van der Waals surface area contributed by atoms with Crippen molar-refractivity contribution in [3.05, 3.63) is 34.3 Å². The van der Waals surface area contributed by atoms with Gasteiger partial charge in [0.25, 0.3) is 5.91 Å². The number of halogens is 1. The third kappa shape index (κ3) is 2.89. The quantitative estimate of drug-likeness (QED) is 0.926. The molecule has 1 amide bonds. The third-order valence-corrected chi connectivity index (χ3v) is 4.44. The lowest BCUT2D eigenvalue weighted by Crippen LogP contribution is -2.40. The zero-order valence-corrected chi connectivity index (χ0v) is 12.8. The zero-order valence-electron chi connectivity index (χ0n) is 12.1. The van der Waals surface area contributed by atoms with Gasteiger partial charge in [-0.3, -0.25) is 9.59 Å². The molecule has 1 unspecified atom stereocenters. The van der Waals surface area contributed by atoms with Crippen molar-refractivity contribution < 1.29 is 19.4 Å². The molecule has 1 atom stereocenters. The Morgan fingerprint density at radius 1 is 1.48 bits per heavy atom. The summed E-state index contributed by atoms with van der Waals surface area (Å²) >= 11 is 6.17. The first kappa shape index (κ1) is 15.8. The van der Waals surface area contributed by atoms with Gasteiger partial charge in [0.1, 0.15) is 5.41 Å². The first-order chi connectivity index (χ1) is 9.91. The molecule has 5 nitrogen and oxygen atoms in total. The fourth-order valence-electron chi connectivity index (χ4n) is 2.66. The molecule has 0 radical (unpaired) electrons. The highest BCUT2D eigenvalue weighted by Crippen LogP contribution is 2.33. The molecule has 0 bridgehead atoms. The number of benzene rings is 1. The Morgan fingerprint density at radius 2 is 2.19 bits per heavy atom. The first-order valence-corrected chi connectivity index (χ1v) is 7.06. The number of hydrogen-bond acceptors (Lipinski definition) is 3. The predicted molar refractivity (Wildman–Crippen MR) is 78.7 cm³/mol. The first-order valence-electron chi connectivity index (χ1n) is 6.68. The maximum Gasteiger partial charge on any atom is 0.313 e. The number of nitrogens with zero attached hydrogens (tertiary/aromatic N) is 1. The van der Waals surface area contributed by atoms with Crippen LogP contribution in [0.15, 0.2) is 18.2 Å². The number of rotatable bonds is 4. The minimum absolute atomic E-state index is 0.0909. The summed E-state index contributed by atoms with van der Waals surface area (Å²) < 4.78 is 5.02. The summed E-state index contributed by atoms with van der Waals surface area (Å²) in [7, 11) is 1.46. The number of carbonyl (C=O) groups is 2. The van der Waals surface area contributed by atoms with Crippen LogP contribution >= 0.6 is 11.6 Å². The van der Waals surface area contributed by atoms with Gasteiger partial charge in [0.05, 0.1) is 17.2 Å². The molecule has 2 rings (SSSR count). The second kappa shape index (κ2) is 6.03. The number of ether oxygens (including phenoxy) is 1. The molecule has 0 saturated carbocycles. The molecule has 1 heterocycles. The highest BCUT2D eigenvalue weighted by atomic mass is 35.5. The number of methoxy groups -OCH3 is 1. The maximum absolute atomic E-state index is 12.5. The van der Waals surface area contributed by atoms with E-state index in [1.54, 1.807) is 12.1 Å². The smallest absolute Gasteiger partial charge is 0.313 e. The van der Waals surface area contributed by atoms with Crippen LogP contribution in [-0.2, 0) is 9.53 Å². The van der Waals surface area contributed by atoms with E-state index < -0.39 is 11.4 Å². The molecule has 1 aromatic carbocycles. The highest BCUT2D eigenvalue weighted by molar-refractivity contribution is 6.34. The zero-order chi connectivity index (χ0) is 15.6. The van der Waals surface area contributed by atoms with E-state index in [4.69, 9.17) is 16.3 Å². The Morgan fingerprint density at radius 3 is 2.81 bits per heavy atom. The van der Waals surface area contributed by atoms with Crippen LogP contribution < -0.4 is 0 Å². The van der Waals surface area contributed by atoms with Gasteiger partial charge in [0.2, 0.25) is 0 Å². The number of carbonyl (C=O) groups excluding carboxylic acids is 1. The Hall–Kier alpha value is -1.59. The van der Waals surface area contributed by atoms with Crippen LogP contribution in [0.3, 0.4) is 0 Å². The Kier molecular flexibility index (Phi) is 4.54. The summed E-state index contributed by atoms with van der Waals surface area (Å²) in [4.78, 5) is 25.6. The molecule has 6 heteroatoms. The second-order valence-electron chi connectivity index (χ2n) is 5.43. The number of likely N-dealkylation sites (tertiary alicyclic amines) is 1. The van der Waals surface area contributed by atoms with Gasteiger partial charge in [-0.15, -0.1) is 0 Å². The van der Waals surface area contributed by atoms with Crippen LogP contribution in [0.1, 0.15) is 22.3 Å². The molecule has 0 aliphatic carbocycles. The van der Waals surface area contributed by atoms with Crippen molar-refractivity contribution in [3.63, 3.8) is 0 Å². The Bertz CT molecular complexity index is 575. The van der Waals surface area contributed by atoms with Gasteiger partial charge < -0.3 is 14.7 Å². The molecule has 0 aromatic heterocycles. The summed E-state index contributed by atoms with van der Waals surface area (Å²) in [5.41, 5.74) is 0.208. The highest BCUT2D eigenvalue weighted by Gasteiger charge is 2.46. The van der Waals surface area contributed by atoms with Gasteiger partial charge in [0.15, 0.2) is 0 Å². The molecular weight excluding hydrogens is 294 g/mol. The van der Waals surface area contributed by atoms with Crippen molar-refractivity contribution >= 4 is 23.5 Å². The average molecular weight is 312 g/mol. The van der Waals surface area contributed by atoms with Crippen molar-refractivity contribution in [1.29, 1.82) is 0 Å². The number of aryl methyl sites for hydroxylation is 1. The minimum Gasteiger partial charge on any atom is -0.481 e. The lowest BCUT2D eigenvalue weighted by atomic mass is 9.88. The fraction of sp³-hybridized carbons (Fsp3) is 0.467. The molecule has 1 aliphatic rings. The van der Waals surface area contributed by atoms with Crippen molar-refractivity contribution in [2.75, 3.05) is 26.8 Å². The standard InChI is InChI=1S/C15H18ClNO4/c1-10-4-3-5-11(12(10)16)13(18)17-7-6-15(8-17,9-21-2)14(19)20/h3-5H,6-9H2,1-2H3,(H,19,20). The lowest BCUT2D eigenvalue weighted by molar-refractivity contribution is -0.151. The summed E-state index contributed by atoms with van der Waals surface area (Å²) in [6.07, 6.45) is 0.380. The number of carboxylic acids is 1. The van der Waals surface area contributed by atoms with E-state index >= 15 is 0 Å². The molecule has 1 fully saturated rings. The molecule has 1 aromatic rings. The number of aliphatic carboxylic acids is 1. The SMILES string of the molecule is COCC1(C(=O)O)CCN(C(=O)c2cccc(C)c2Cl)C1. The normalized spacial score (nSPS) is 21.6. The van der Waals surface area contributed by atoms with Crippen molar-refractivity contribution in [3.8, 4) is 0 Å². The van der Waals surface area contributed by atoms with Gasteiger partial charge in [-0.1, -0.05) is 23.7 Å². The van der Waals surface area contributed by atoms with Gasteiger partial charge >= 0.3 is 5.97 Å². The fourth-order valence-corrected chi connectivity index (χ4v) is 2.87. The summed E-state index contributed by atoms with van der Waals surface area (Å²) in [6.45, 7) is 2.45. The van der Waals surface area contributed by atoms with Crippen molar-refractivity contribution in [1.82, 2.24) is 4.90 Å². The molecule has 1 aliphatic heterocycles. The lowest BCUT2D eigenvalue weighted by Gasteiger charge is -2.24. The Balaban J connectivity index is 2.23. The molecular formula is C15H18ClNO4. The van der Waals surface area contributed by atoms with Crippen LogP contribution in [-0.4, -0.2) is 48.7 Å². The maximum atomic E-state index is 12.5. The summed E-state index contributed by atoms with van der Waals surface area (Å²) in [5, 5.41) is 9.84. The van der Waals surface area contributed by atoms with Crippen LogP contribution in [0.4, 0.5) is 0 Å². The van der Waals surface area contributed by atoms with E-state index in [1.165, 1.54) is 12.0 Å². The van der Waals surface area contributed by atoms with Gasteiger partial charge in [0, 0.05) is 20.2 Å². The molecule has 21 heavy (non-hydrogen) atoms. The minimum atomic E-state index is -1.03. The monoisotopic (exact) mass is 311 g/mol. The number of carboxylic acid groups (broad SMARTS) is 1. The van der Waals surface area contributed by atoms with Crippen molar-refractivity contribution in [2.45, 2.75) is 13.3 Å². The molecule has 1 N–H and O–H groups in total. The van der Waals surface area contributed by atoms with Crippen LogP contribution in [0.5, 0.6) is 0 Å². The number of hydrogen-bond donors (Lipinski definition) is 1. The Labute approximate surface area is 128 Å². The third-order valence-electron chi connectivity index (χ3n) is 3.94. The topological polar surface area (TPSA) is 66.8 Å². The van der Waals surface area contributed by atoms with E-state index in [9.17, 15) is 14.7 Å². The van der Waals surface area contributed by atoms with E-state index in [0.29, 0.717) is 23.6 Å². The van der Waals surface area contributed by atoms with Gasteiger partial charge in [-0.25, -0.2) is 0 Å². The van der Waals surface area contributed by atoms with Crippen molar-refractivity contribution in [2.24, 2.45) is 5.41 Å². The second-order valence-corrected chi connectivity index (χ2v) is 5.81. The predicted octanol–water partition coefficient (Wildman–Crippen LogP) is 2.21. The molecule has 0 spiro atoms.